The molecule has 1 heterocycles. The van der Waals surface area contributed by atoms with E-state index >= 15 is 0 Å². The average molecular weight is 486 g/mol. The van der Waals surface area contributed by atoms with E-state index < -0.39 is 10.0 Å². The minimum absolute atomic E-state index is 0.0791. The summed E-state index contributed by atoms with van der Waals surface area (Å²) < 4.78 is 32.7. The van der Waals surface area contributed by atoms with Gasteiger partial charge in [-0.3, -0.25) is 4.72 Å². The Morgan fingerprint density at radius 1 is 0.970 bits per heavy atom. The van der Waals surface area contributed by atoms with Crippen molar-refractivity contribution in [2.45, 2.75) is 25.7 Å². The number of hydrogen-bond donors (Lipinski definition) is 3. The molecule has 2 aromatic carbocycles. The molecular weight excluding hydrogens is 462 g/mol. The van der Waals surface area contributed by atoms with Crippen LogP contribution in [0, 0.1) is 13.8 Å². The van der Waals surface area contributed by atoms with Gasteiger partial charge in [0.2, 0.25) is 0 Å². The van der Waals surface area contributed by atoms with E-state index in [0.29, 0.717) is 40.2 Å². The number of esters is 1. The van der Waals surface area contributed by atoms with Crippen molar-refractivity contribution >= 4 is 50.5 Å². The van der Waals surface area contributed by atoms with Gasteiger partial charge < -0.3 is 15.4 Å². The SMILES string of the molecule is CCOC(=O)c1ccc(NC(=S)Nc2ccc(S(=O)(=O)Nc3cc(C)nc(C)n3)cc2)cc1. The van der Waals surface area contributed by atoms with Gasteiger partial charge in [0.15, 0.2) is 5.11 Å². The van der Waals surface area contributed by atoms with E-state index in [4.69, 9.17) is 17.0 Å². The summed E-state index contributed by atoms with van der Waals surface area (Å²) in [6.45, 7) is 5.51. The molecule has 0 aliphatic carbocycles. The van der Waals surface area contributed by atoms with Gasteiger partial charge in [-0.2, -0.15) is 0 Å². The van der Waals surface area contributed by atoms with Crippen molar-refractivity contribution in [1.82, 2.24) is 9.97 Å². The van der Waals surface area contributed by atoms with E-state index in [-0.39, 0.29) is 16.7 Å². The Kier molecular flexibility index (Phi) is 7.56. The van der Waals surface area contributed by atoms with Gasteiger partial charge in [0, 0.05) is 23.1 Å². The Labute approximate surface area is 197 Å². The molecule has 0 saturated heterocycles. The standard InChI is InChI=1S/C22H23N5O4S2/c1-4-31-21(28)16-5-7-17(8-6-16)25-22(32)26-18-9-11-19(12-10-18)33(29,30)27-20-13-14(2)23-15(3)24-20/h5-13H,4H2,1-3H3,(H,23,24,27)(H2,25,26,32). The molecule has 3 aromatic rings. The summed E-state index contributed by atoms with van der Waals surface area (Å²) in [5.41, 5.74) is 2.39. The molecule has 0 amide bonds. The summed E-state index contributed by atoms with van der Waals surface area (Å²) in [6.07, 6.45) is 0. The molecule has 172 valence electrons. The first-order chi connectivity index (χ1) is 15.7. The maximum absolute atomic E-state index is 12.7. The van der Waals surface area contributed by atoms with Crippen molar-refractivity contribution in [3.63, 3.8) is 0 Å². The Balaban J connectivity index is 1.61. The molecule has 0 unspecified atom stereocenters. The molecule has 9 nitrogen and oxygen atoms in total. The zero-order valence-electron chi connectivity index (χ0n) is 18.2. The van der Waals surface area contributed by atoms with Gasteiger partial charge in [0.25, 0.3) is 10.0 Å². The third-order valence-electron chi connectivity index (χ3n) is 4.28. The van der Waals surface area contributed by atoms with Crippen molar-refractivity contribution in [2.75, 3.05) is 22.0 Å². The summed E-state index contributed by atoms with van der Waals surface area (Å²) in [5, 5.41) is 6.29. The predicted molar refractivity (Wildman–Crippen MR) is 131 cm³/mol. The second kappa shape index (κ2) is 10.4. The molecule has 0 spiro atoms. The van der Waals surface area contributed by atoms with E-state index in [1.165, 1.54) is 12.1 Å². The maximum Gasteiger partial charge on any atom is 0.338 e. The molecular formula is C22H23N5O4S2. The van der Waals surface area contributed by atoms with Crippen LogP contribution in [-0.2, 0) is 14.8 Å². The van der Waals surface area contributed by atoms with Crippen LogP contribution in [0.25, 0.3) is 0 Å². The molecule has 0 radical (unpaired) electrons. The number of rotatable bonds is 7. The normalized spacial score (nSPS) is 10.9. The number of ether oxygens (including phenoxy) is 1. The lowest BCUT2D eigenvalue weighted by Gasteiger charge is -2.12. The van der Waals surface area contributed by atoms with Gasteiger partial charge in [-0.1, -0.05) is 0 Å². The quantitative estimate of drug-likeness (QED) is 0.338. The van der Waals surface area contributed by atoms with Crippen LogP contribution in [-0.4, -0.2) is 36.1 Å². The Morgan fingerprint density at radius 3 is 2.09 bits per heavy atom. The van der Waals surface area contributed by atoms with Crippen LogP contribution in [0.5, 0.6) is 0 Å². The fourth-order valence-corrected chi connectivity index (χ4v) is 4.11. The molecule has 11 heteroatoms. The third kappa shape index (κ3) is 6.70. The second-order valence-corrected chi connectivity index (χ2v) is 9.04. The van der Waals surface area contributed by atoms with Crippen molar-refractivity contribution in [3.8, 4) is 0 Å². The number of carbonyl (C=O) groups is 1. The molecule has 0 atom stereocenters. The van der Waals surface area contributed by atoms with E-state index in [0.717, 1.165) is 0 Å². The van der Waals surface area contributed by atoms with Crippen LogP contribution in [0.4, 0.5) is 17.2 Å². The molecule has 1 aromatic heterocycles. The molecule has 0 aliphatic rings. The first kappa shape index (κ1) is 24.1. The summed E-state index contributed by atoms with van der Waals surface area (Å²) in [4.78, 5) is 20.0. The summed E-state index contributed by atoms with van der Waals surface area (Å²) in [5.74, 6) is 0.296. The maximum atomic E-state index is 12.7. The van der Waals surface area contributed by atoms with Crippen LogP contribution < -0.4 is 15.4 Å². The lowest BCUT2D eigenvalue weighted by Crippen LogP contribution is -2.19. The van der Waals surface area contributed by atoms with Crippen molar-refractivity contribution in [1.29, 1.82) is 0 Å². The molecule has 33 heavy (non-hydrogen) atoms. The minimum atomic E-state index is -3.81. The lowest BCUT2D eigenvalue weighted by atomic mass is 10.2. The van der Waals surface area contributed by atoms with Crippen LogP contribution in [0.3, 0.4) is 0 Å². The average Bonchev–Trinajstić information content (AvgIpc) is 2.73. The van der Waals surface area contributed by atoms with Crippen LogP contribution in [0.15, 0.2) is 59.5 Å². The summed E-state index contributed by atoms with van der Waals surface area (Å²) in [7, 11) is -3.81. The zero-order valence-corrected chi connectivity index (χ0v) is 19.9. The van der Waals surface area contributed by atoms with Gasteiger partial charge in [-0.25, -0.2) is 23.2 Å². The highest BCUT2D eigenvalue weighted by Crippen LogP contribution is 2.18. The highest BCUT2D eigenvalue weighted by Gasteiger charge is 2.15. The molecule has 0 fully saturated rings. The number of aromatic nitrogens is 2. The number of nitrogens with one attached hydrogen (secondary N) is 3. The first-order valence-corrected chi connectivity index (χ1v) is 11.9. The monoisotopic (exact) mass is 485 g/mol. The van der Waals surface area contributed by atoms with E-state index in [9.17, 15) is 13.2 Å². The van der Waals surface area contributed by atoms with Crippen molar-refractivity contribution in [2.24, 2.45) is 0 Å². The van der Waals surface area contributed by atoms with Gasteiger partial charge in [0.05, 0.1) is 17.1 Å². The molecule has 3 N–H and O–H groups in total. The highest BCUT2D eigenvalue weighted by atomic mass is 32.2. The van der Waals surface area contributed by atoms with Crippen molar-refractivity contribution < 1.29 is 17.9 Å². The number of benzene rings is 2. The smallest absolute Gasteiger partial charge is 0.338 e. The number of thiocarbonyl (C=S) groups is 1. The van der Waals surface area contributed by atoms with Gasteiger partial charge >= 0.3 is 5.97 Å². The Bertz CT molecular complexity index is 1240. The highest BCUT2D eigenvalue weighted by molar-refractivity contribution is 7.92. The fourth-order valence-electron chi connectivity index (χ4n) is 2.88. The largest absolute Gasteiger partial charge is 0.462 e. The number of hydrogen-bond acceptors (Lipinski definition) is 7. The van der Waals surface area contributed by atoms with Gasteiger partial charge in [0.1, 0.15) is 11.6 Å². The van der Waals surface area contributed by atoms with E-state index in [2.05, 4.69) is 25.3 Å². The van der Waals surface area contributed by atoms with E-state index in [1.807, 2.05) is 0 Å². The zero-order chi connectivity index (χ0) is 24.0. The summed E-state index contributed by atoms with van der Waals surface area (Å²) >= 11 is 5.30. The molecule has 0 saturated carbocycles. The predicted octanol–water partition coefficient (Wildman–Crippen LogP) is 3.88. The number of carbonyl (C=O) groups excluding carboxylic acids is 1. The first-order valence-electron chi connectivity index (χ1n) is 9.96. The number of nitrogens with zero attached hydrogens (tertiary/aromatic N) is 2. The topological polar surface area (TPSA) is 122 Å². The molecule has 3 rings (SSSR count). The number of anilines is 3. The minimum Gasteiger partial charge on any atom is -0.462 e. The lowest BCUT2D eigenvalue weighted by molar-refractivity contribution is 0.0526. The van der Waals surface area contributed by atoms with Crippen molar-refractivity contribution in [3.05, 3.63) is 71.7 Å². The Hall–Kier alpha value is -3.57. The third-order valence-corrected chi connectivity index (χ3v) is 5.86. The van der Waals surface area contributed by atoms with Gasteiger partial charge in [-0.05, 0) is 81.5 Å². The van der Waals surface area contributed by atoms with Gasteiger partial charge in [-0.15, -0.1) is 0 Å². The second-order valence-electron chi connectivity index (χ2n) is 6.95. The molecule has 0 bridgehead atoms. The molecule has 0 aliphatic heterocycles. The van der Waals surface area contributed by atoms with Crippen LogP contribution >= 0.6 is 12.2 Å². The Morgan fingerprint density at radius 2 is 1.55 bits per heavy atom. The fraction of sp³-hybridized carbons (Fsp3) is 0.182. The summed E-state index contributed by atoms with van der Waals surface area (Å²) in [6, 6.07) is 14.4. The number of aryl methyl sites for hydroxylation is 2. The van der Waals surface area contributed by atoms with Crippen LogP contribution in [0.2, 0.25) is 0 Å². The van der Waals surface area contributed by atoms with Crippen LogP contribution in [0.1, 0.15) is 28.8 Å². The van der Waals surface area contributed by atoms with E-state index in [1.54, 1.807) is 63.2 Å². The number of sulfonamides is 1.